The number of aromatic nitrogens is 1. The lowest BCUT2D eigenvalue weighted by molar-refractivity contribution is 0.103. The van der Waals surface area contributed by atoms with E-state index in [2.05, 4.69) is 26.2 Å². The molecule has 88 valence electrons. The molecular formula is C12H11BrN2OS. The standard InChI is InChI=1S/C12H11BrN2OS/c1-7-4-3-5-14-11(7)15-12(16)9-6-8(2)10(13)17-9/h3-6H,1-2H3,(H,14,15,16). The maximum Gasteiger partial charge on any atom is 0.266 e. The number of hydrogen-bond donors (Lipinski definition) is 1. The normalized spacial score (nSPS) is 10.3. The minimum Gasteiger partial charge on any atom is -0.306 e. The Hall–Kier alpha value is -1.20. The van der Waals surface area contributed by atoms with Crippen LogP contribution in [0.15, 0.2) is 28.2 Å². The van der Waals surface area contributed by atoms with Gasteiger partial charge < -0.3 is 5.32 Å². The number of aryl methyl sites for hydroxylation is 2. The van der Waals surface area contributed by atoms with E-state index in [0.29, 0.717) is 10.7 Å². The molecular weight excluding hydrogens is 300 g/mol. The van der Waals surface area contributed by atoms with E-state index in [9.17, 15) is 4.79 Å². The highest BCUT2D eigenvalue weighted by atomic mass is 79.9. The van der Waals surface area contributed by atoms with Crippen molar-refractivity contribution >= 4 is 39.0 Å². The van der Waals surface area contributed by atoms with Gasteiger partial charge in [0.05, 0.1) is 8.66 Å². The van der Waals surface area contributed by atoms with Gasteiger partial charge in [-0.2, -0.15) is 0 Å². The summed E-state index contributed by atoms with van der Waals surface area (Å²) in [6.07, 6.45) is 1.66. The molecule has 0 spiro atoms. The number of hydrogen-bond acceptors (Lipinski definition) is 3. The maximum atomic E-state index is 12.0. The van der Waals surface area contributed by atoms with Crippen LogP contribution < -0.4 is 5.32 Å². The van der Waals surface area contributed by atoms with Crippen LogP contribution in [0.4, 0.5) is 5.82 Å². The first kappa shape index (κ1) is 12.3. The fourth-order valence-electron chi connectivity index (χ4n) is 1.36. The predicted octanol–water partition coefficient (Wildman–Crippen LogP) is 3.77. The van der Waals surface area contributed by atoms with Crippen molar-refractivity contribution in [2.24, 2.45) is 0 Å². The molecule has 0 atom stereocenters. The van der Waals surface area contributed by atoms with Gasteiger partial charge in [0.2, 0.25) is 0 Å². The molecule has 0 aromatic carbocycles. The summed E-state index contributed by atoms with van der Waals surface area (Å²) in [5, 5.41) is 2.81. The first-order valence-corrected chi connectivity index (χ1v) is 6.68. The number of carbonyl (C=O) groups is 1. The number of pyridine rings is 1. The van der Waals surface area contributed by atoms with E-state index in [1.807, 2.05) is 32.0 Å². The van der Waals surface area contributed by atoms with E-state index in [1.165, 1.54) is 11.3 Å². The Morgan fingerprint density at radius 2 is 2.18 bits per heavy atom. The smallest absolute Gasteiger partial charge is 0.266 e. The van der Waals surface area contributed by atoms with Crippen LogP contribution in [0.25, 0.3) is 0 Å². The third-order valence-corrected chi connectivity index (χ3v) is 4.46. The van der Waals surface area contributed by atoms with Crippen molar-refractivity contribution in [2.45, 2.75) is 13.8 Å². The lowest BCUT2D eigenvalue weighted by atomic mass is 10.3. The minimum absolute atomic E-state index is 0.120. The molecule has 0 aliphatic carbocycles. The fraction of sp³-hybridized carbons (Fsp3) is 0.167. The average Bonchev–Trinajstić information content (AvgIpc) is 2.63. The largest absolute Gasteiger partial charge is 0.306 e. The molecule has 2 heterocycles. The topological polar surface area (TPSA) is 42.0 Å². The van der Waals surface area contributed by atoms with E-state index >= 15 is 0 Å². The van der Waals surface area contributed by atoms with Crippen LogP contribution in [0.3, 0.4) is 0 Å². The third-order valence-electron chi connectivity index (χ3n) is 2.32. The molecule has 0 unspecified atom stereocenters. The van der Waals surface area contributed by atoms with Crippen molar-refractivity contribution in [3.8, 4) is 0 Å². The van der Waals surface area contributed by atoms with Crippen molar-refractivity contribution in [3.63, 3.8) is 0 Å². The van der Waals surface area contributed by atoms with Crippen molar-refractivity contribution in [2.75, 3.05) is 5.32 Å². The highest BCUT2D eigenvalue weighted by Gasteiger charge is 2.12. The number of rotatable bonds is 2. The number of anilines is 1. The second-order valence-electron chi connectivity index (χ2n) is 3.69. The van der Waals surface area contributed by atoms with Crippen molar-refractivity contribution in [1.82, 2.24) is 4.98 Å². The lowest BCUT2D eigenvalue weighted by Crippen LogP contribution is -2.12. The van der Waals surface area contributed by atoms with Crippen LogP contribution in [-0.4, -0.2) is 10.9 Å². The van der Waals surface area contributed by atoms with Gasteiger partial charge in [-0.1, -0.05) is 6.07 Å². The van der Waals surface area contributed by atoms with Gasteiger partial charge >= 0.3 is 0 Å². The van der Waals surface area contributed by atoms with Crippen LogP contribution in [0.1, 0.15) is 20.8 Å². The molecule has 0 fully saturated rings. The number of thiophene rings is 1. The van der Waals surface area contributed by atoms with Gasteiger partial charge in [0.25, 0.3) is 5.91 Å². The van der Waals surface area contributed by atoms with Crippen LogP contribution in [-0.2, 0) is 0 Å². The van der Waals surface area contributed by atoms with Crippen LogP contribution in [0.2, 0.25) is 0 Å². The molecule has 2 aromatic rings. The van der Waals surface area contributed by atoms with Crippen LogP contribution in [0, 0.1) is 13.8 Å². The zero-order chi connectivity index (χ0) is 12.4. The number of halogens is 1. The van der Waals surface area contributed by atoms with Gasteiger partial charge in [-0.3, -0.25) is 4.79 Å². The van der Waals surface area contributed by atoms with Gasteiger partial charge in [-0.05, 0) is 53.0 Å². The summed E-state index contributed by atoms with van der Waals surface area (Å²) in [6, 6.07) is 5.62. The maximum absolute atomic E-state index is 12.0. The molecule has 3 nitrogen and oxygen atoms in total. The van der Waals surface area contributed by atoms with Crippen LogP contribution >= 0.6 is 27.3 Å². The Labute approximate surface area is 112 Å². The van der Waals surface area contributed by atoms with Gasteiger partial charge in [-0.25, -0.2) is 4.98 Å². The second-order valence-corrected chi connectivity index (χ2v) is 6.06. The fourth-order valence-corrected chi connectivity index (χ4v) is 2.79. The quantitative estimate of drug-likeness (QED) is 0.917. The predicted molar refractivity (Wildman–Crippen MR) is 73.7 cm³/mol. The van der Waals surface area contributed by atoms with Crippen molar-refractivity contribution in [1.29, 1.82) is 0 Å². The van der Waals surface area contributed by atoms with E-state index < -0.39 is 0 Å². The molecule has 5 heteroatoms. The molecule has 0 bridgehead atoms. The molecule has 2 aromatic heterocycles. The molecule has 0 aliphatic heterocycles. The van der Waals surface area contributed by atoms with Crippen LogP contribution in [0.5, 0.6) is 0 Å². The van der Waals surface area contributed by atoms with E-state index in [4.69, 9.17) is 0 Å². The molecule has 0 saturated carbocycles. The minimum atomic E-state index is -0.120. The molecule has 0 aliphatic rings. The summed E-state index contributed by atoms with van der Waals surface area (Å²) in [5.74, 6) is 0.491. The van der Waals surface area contributed by atoms with Gasteiger partial charge in [0.15, 0.2) is 0 Å². The number of amides is 1. The summed E-state index contributed by atoms with van der Waals surface area (Å²) in [7, 11) is 0. The average molecular weight is 311 g/mol. The molecule has 17 heavy (non-hydrogen) atoms. The second kappa shape index (κ2) is 4.98. The summed E-state index contributed by atoms with van der Waals surface area (Å²) in [6.45, 7) is 3.88. The zero-order valence-corrected chi connectivity index (χ0v) is 11.9. The van der Waals surface area contributed by atoms with Gasteiger partial charge in [-0.15, -0.1) is 11.3 Å². The first-order valence-electron chi connectivity index (χ1n) is 5.07. The Morgan fingerprint density at radius 1 is 1.41 bits per heavy atom. The number of carbonyl (C=O) groups excluding carboxylic acids is 1. The Morgan fingerprint density at radius 3 is 2.76 bits per heavy atom. The first-order chi connectivity index (χ1) is 8.08. The number of nitrogens with zero attached hydrogens (tertiary/aromatic N) is 1. The molecule has 2 rings (SSSR count). The van der Waals surface area contributed by atoms with Gasteiger partial charge in [0.1, 0.15) is 5.82 Å². The molecule has 1 N–H and O–H groups in total. The molecule has 1 amide bonds. The Bertz CT molecular complexity index is 546. The molecule has 0 radical (unpaired) electrons. The van der Waals surface area contributed by atoms with Gasteiger partial charge in [0, 0.05) is 6.20 Å². The summed E-state index contributed by atoms with van der Waals surface area (Å²) < 4.78 is 0.986. The van der Waals surface area contributed by atoms with Crippen molar-refractivity contribution in [3.05, 3.63) is 44.2 Å². The Kier molecular flexibility index (Phi) is 3.59. The summed E-state index contributed by atoms with van der Waals surface area (Å²) in [5.41, 5.74) is 2.02. The highest BCUT2D eigenvalue weighted by Crippen LogP contribution is 2.27. The summed E-state index contributed by atoms with van der Waals surface area (Å²) >= 11 is 4.83. The number of nitrogens with one attached hydrogen (secondary N) is 1. The SMILES string of the molecule is Cc1cccnc1NC(=O)c1cc(C)c(Br)s1. The lowest BCUT2D eigenvalue weighted by Gasteiger charge is -2.04. The van der Waals surface area contributed by atoms with E-state index in [0.717, 1.165) is 14.9 Å². The van der Waals surface area contributed by atoms with Crippen molar-refractivity contribution < 1.29 is 4.79 Å². The van der Waals surface area contributed by atoms with E-state index in [1.54, 1.807) is 6.20 Å². The Balaban J connectivity index is 2.20. The third kappa shape index (κ3) is 2.73. The summed E-state index contributed by atoms with van der Waals surface area (Å²) in [4.78, 5) is 16.8. The van der Waals surface area contributed by atoms with E-state index in [-0.39, 0.29) is 5.91 Å². The monoisotopic (exact) mass is 310 g/mol. The highest BCUT2D eigenvalue weighted by molar-refractivity contribution is 9.11. The zero-order valence-electron chi connectivity index (χ0n) is 9.45. The molecule has 0 saturated heterocycles.